The Hall–Kier alpha value is -1.67. The molecule has 1 N–H and O–H groups in total. The highest BCUT2D eigenvalue weighted by molar-refractivity contribution is 5.33. The summed E-state index contributed by atoms with van der Waals surface area (Å²) in [6.45, 7) is 1.96. The van der Waals surface area contributed by atoms with E-state index < -0.39 is 6.10 Å². The minimum Gasteiger partial charge on any atom is -0.388 e. The lowest BCUT2D eigenvalue weighted by Crippen LogP contribution is -2.13. The van der Waals surface area contributed by atoms with Crippen LogP contribution in [-0.4, -0.2) is 10.1 Å². The maximum Gasteiger partial charge on any atom is 0.0839 e. The molecule has 2 nitrogen and oxygen atoms in total. The van der Waals surface area contributed by atoms with Crippen LogP contribution >= 0.6 is 0 Å². The molecule has 0 saturated carbocycles. The minimum absolute atomic E-state index is 0.284. The zero-order valence-electron chi connectivity index (χ0n) is 10.5. The van der Waals surface area contributed by atoms with Gasteiger partial charge >= 0.3 is 0 Å². The topological polar surface area (TPSA) is 33.1 Å². The molecule has 1 aromatic carbocycles. The molecule has 0 spiro atoms. The molecule has 18 heavy (non-hydrogen) atoms. The molecule has 1 heterocycles. The lowest BCUT2D eigenvalue weighted by atomic mass is 9.94. The Morgan fingerprint density at radius 1 is 1.11 bits per heavy atom. The van der Waals surface area contributed by atoms with E-state index in [0.29, 0.717) is 0 Å². The number of benzene rings is 1. The predicted octanol–water partition coefficient (Wildman–Crippen LogP) is 2.84. The van der Waals surface area contributed by atoms with Gasteiger partial charge in [-0.1, -0.05) is 30.3 Å². The van der Waals surface area contributed by atoms with Gasteiger partial charge in [0.05, 0.1) is 6.10 Å². The third-order valence-electron chi connectivity index (χ3n) is 3.80. The lowest BCUT2D eigenvalue weighted by Gasteiger charge is -2.17. The first kappa shape index (κ1) is 11.4. The van der Waals surface area contributed by atoms with Crippen molar-refractivity contribution in [1.29, 1.82) is 0 Å². The Balaban J connectivity index is 1.80. The van der Waals surface area contributed by atoms with Crippen molar-refractivity contribution in [1.82, 2.24) is 4.98 Å². The summed E-state index contributed by atoms with van der Waals surface area (Å²) in [5.41, 5.74) is 4.67. The first-order valence-corrected chi connectivity index (χ1v) is 6.41. The van der Waals surface area contributed by atoms with Gasteiger partial charge in [0.2, 0.25) is 0 Å². The third-order valence-corrected chi connectivity index (χ3v) is 3.80. The number of hydrogen-bond donors (Lipinski definition) is 1. The Morgan fingerprint density at radius 3 is 2.33 bits per heavy atom. The fraction of sp³-hybridized carbons (Fsp3) is 0.312. The van der Waals surface area contributed by atoms with Gasteiger partial charge in [0.15, 0.2) is 0 Å². The summed E-state index contributed by atoms with van der Waals surface area (Å²) in [7, 11) is 0. The maximum absolute atomic E-state index is 10.4. The van der Waals surface area contributed by atoms with Crippen LogP contribution in [-0.2, 0) is 12.8 Å². The molecule has 0 bridgehead atoms. The van der Waals surface area contributed by atoms with Crippen LogP contribution in [0.15, 0.2) is 42.6 Å². The molecular weight excluding hydrogens is 222 g/mol. The Labute approximate surface area is 107 Å². The molecule has 0 fully saturated rings. The van der Waals surface area contributed by atoms with E-state index in [1.165, 1.54) is 11.1 Å². The van der Waals surface area contributed by atoms with E-state index in [1.54, 1.807) is 6.20 Å². The average molecular weight is 239 g/mol. The van der Waals surface area contributed by atoms with Crippen LogP contribution in [0, 0.1) is 12.8 Å². The number of pyridine rings is 1. The molecule has 1 atom stereocenters. The molecule has 2 heteroatoms. The summed E-state index contributed by atoms with van der Waals surface area (Å²) < 4.78 is 0. The van der Waals surface area contributed by atoms with Crippen LogP contribution in [0.4, 0.5) is 0 Å². The van der Waals surface area contributed by atoms with Gasteiger partial charge in [-0.3, -0.25) is 4.98 Å². The second kappa shape index (κ2) is 4.54. The van der Waals surface area contributed by atoms with E-state index in [9.17, 15) is 5.11 Å². The van der Waals surface area contributed by atoms with Crippen molar-refractivity contribution in [3.05, 3.63) is 65.0 Å². The van der Waals surface area contributed by atoms with Crippen molar-refractivity contribution in [3.63, 3.8) is 0 Å². The van der Waals surface area contributed by atoms with Crippen LogP contribution in [0.25, 0.3) is 0 Å². The van der Waals surface area contributed by atoms with Crippen molar-refractivity contribution < 1.29 is 5.11 Å². The highest BCUT2D eigenvalue weighted by atomic mass is 16.3. The van der Waals surface area contributed by atoms with Crippen LogP contribution in [0.5, 0.6) is 0 Å². The molecule has 1 aliphatic carbocycles. The predicted molar refractivity (Wildman–Crippen MR) is 71.3 cm³/mol. The highest BCUT2D eigenvalue weighted by Gasteiger charge is 2.28. The van der Waals surface area contributed by atoms with Crippen molar-refractivity contribution in [2.24, 2.45) is 5.92 Å². The Kier molecular flexibility index (Phi) is 2.88. The molecule has 3 rings (SSSR count). The molecule has 2 aromatic rings. The molecule has 92 valence electrons. The van der Waals surface area contributed by atoms with Gasteiger partial charge in [0.1, 0.15) is 0 Å². The van der Waals surface area contributed by atoms with Crippen LogP contribution in [0.1, 0.15) is 28.5 Å². The largest absolute Gasteiger partial charge is 0.388 e. The minimum atomic E-state index is -0.412. The number of hydrogen-bond acceptors (Lipinski definition) is 2. The number of fused-ring (bicyclic) bond motifs is 1. The standard InChI is InChI=1S/C16H17NO/c1-11-6-7-14(10-17-11)16(18)15-8-12-4-2-3-5-13(12)9-15/h2-7,10,15-16,18H,8-9H2,1H3. The van der Waals surface area contributed by atoms with Crippen molar-refractivity contribution >= 4 is 0 Å². The smallest absolute Gasteiger partial charge is 0.0839 e. The maximum atomic E-state index is 10.4. The SMILES string of the molecule is Cc1ccc(C(O)C2Cc3ccccc3C2)cn1. The Bertz CT molecular complexity index is 522. The number of aliphatic hydroxyl groups is 1. The van der Waals surface area contributed by atoms with Gasteiger partial charge in [-0.15, -0.1) is 0 Å². The molecular formula is C16H17NO. The van der Waals surface area contributed by atoms with E-state index in [4.69, 9.17) is 0 Å². The summed E-state index contributed by atoms with van der Waals surface area (Å²) in [5, 5.41) is 10.4. The van der Waals surface area contributed by atoms with Crippen molar-refractivity contribution in [2.45, 2.75) is 25.9 Å². The number of aromatic nitrogens is 1. The second-order valence-corrected chi connectivity index (χ2v) is 5.11. The Morgan fingerprint density at radius 2 is 1.78 bits per heavy atom. The van der Waals surface area contributed by atoms with Crippen molar-refractivity contribution in [2.75, 3.05) is 0 Å². The van der Waals surface area contributed by atoms with Gasteiger partial charge in [-0.05, 0) is 48.4 Å². The fourth-order valence-corrected chi connectivity index (χ4v) is 2.74. The summed E-state index contributed by atoms with van der Waals surface area (Å²) in [4.78, 5) is 4.26. The molecule has 0 aliphatic heterocycles. The van der Waals surface area contributed by atoms with Gasteiger partial charge in [-0.2, -0.15) is 0 Å². The number of rotatable bonds is 2. The molecule has 1 aromatic heterocycles. The summed E-state index contributed by atoms with van der Waals surface area (Å²) >= 11 is 0. The first-order chi connectivity index (χ1) is 8.74. The molecule has 0 radical (unpaired) electrons. The highest BCUT2D eigenvalue weighted by Crippen LogP contribution is 2.34. The number of aliphatic hydroxyl groups excluding tert-OH is 1. The summed E-state index contributed by atoms with van der Waals surface area (Å²) in [5.74, 6) is 0.284. The first-order valence-electron chi connectivity index (χ1n) is 6.41. The van der Waals surface area contributed by atoms with Gasteiger partial charge in [0.25, 0.3) is 0 Å². The molecule has 0 amide bonds. The van der Waals surface area contributed by atoms with E-state index in [1.807, 2.05) is 19.1 Å². The zero-order chi connectivity index (χ0) is 12.5. The van der Waals surface area contributed by atoms with Gasteiger partial charge in [-0.25, -0.2) is 0 Å². The van der Waals surface area contributed by atoms with E-state index in [2.05, 4.69) is 29.2 Å². The molecule has 1 unspecified atom stereocenters. The van der Waals surface area contributed by atoms with Gasteiger partial charge < -0.3 is 5.11 Å². The fourth-order valence-electron chi connectivity index (χ4n) is 2.74. The summed E-state index contributed by atoms with van der Waals surface area (Å²) in [6.07, 6.45) is 3.31. The van der Waals surface area contributed by atoms with Crippen LogP contribution in [0.2, 0.25) is 0 Å². The van der Waals surface area contributed by atoms with E-state index >= 15 is 0 Å². The van der Waals surface area contributed by atoms with Crippen LogP contribution < -0.4 is 0 Å². The average Bonchev–Trinajstić information content (AvgIpc) is 2.82. The quantitative estimate of drug-likeness (QED) is 0.874. The van der Waals surface area contributed by atoms with E-state index in [0.717, 1.165) is 24.1 Å². The molecule has 1 aliphatic rings. The molecule has 0 saturated heterocycles. The zero-order valence-corrected chi connectivity index (χ0v) is 10.5. The van der Waals surface area contributed by atoms with Gasteiger partial charge in [0, 0.05) is 11.9 Å². The lowest BCUT2D eigenvalue weighted by molar-refractivity contribution is 0.113. The van der Waals surface area contributed by atoms with E-state index in [-0.39, 0.29) is 5.92 Å². The third kappa shape index (κ3) is 2.04. The monoisotopic (exact) mass is 239 g/mol. The van der Waals surface area contributed by atoms with Crippen molar-refractivity contribution in [3.8, 4) is 0 Å². The summed E-state index contributed by atoms with van der Waals surface area (Å²) in [6, 6.07) is 12.4. The normalized spacial score (nSPS) is 16.6. The second-order valence-electron chi connectivity index (χ2n) is 5.11. The van der Waals surface area contributed by atoms with Crippen LogP contribution in [0.3, 0.4) is 0 Å². The number of aryl methyl sites for hydroxylation is 1. The number of nitrogens with zero attached hydrogens (tertiary/aromatic N) is 1.